The molecule has 0 saturated carbocycles. The number of aliphatic hydroxyl groups is 1. The second-order valence-corrected chi connectivity index (χ2v) is 13.7. The number of nitrogens with two attached hydrogens (primary N) is 2. The Kier molecular flexibility index (Phi) is 20.0. The molecule has 0 spiro atoms. The van der Waals surface area contributed by atoms with Gasteiger partial charge >= 0.3 is 17.9 Å². The van der Waals surface area contributed by atoms with Crippen molar-refractivity contribution in [2.45, 2.75) is 107 Å². The number of imidazole rings is 1. The lowest BCUT2D eigenvalue weighted by Gasteiger charge is -2.29. The largest absolute Gasteiger partial charge is 0.481 e. The summed E-state index contributed by atoms with van der Waals surface area (Å²) in [7, 11) is 0. The third-order valence-electron chi connectivity index (χ3n) is 9.01. The normalized spacial score (nSPS) is 16.4. The third-order valence-corrected chi connectivity index (χ3v) is 9.01. The molecule has 26 nitrogen and oxygen atoms in total. The summed E-state index contributed by atoms with van der Waals surface area (Å²) < 4.78 is 0. The molecule has 8 amide bonds. The minimum Gasteiger partial charge on any atom is -0.481 e. The predicted octanol–water partition coefficient (Wildman–Crippen LogP) is -6.10. The van der Waals surface area contributed by atoms with Crippen LogP contribution in [0.3, 0.4) is 0 Å². The van der Waals surface area contributed by atoms with Crippen LogP contribution in [0.1, 0.15) is 64.0 Å². The van der Waals surface area contributed by atoms with Crippen molar-refractivity contribution >= 4 is 65.2 Å². The Hall–Kier alpha value is -6.70. The van der Waals surface area contributed by atoms with Crippen LogP contribution >= 0.6 is 0 Å². The molecule has 1 aliphatic heterocycles. The number of H-pyrrole nitrogens is 1. The van der Waals surface area contributed by atoms with Gasteiger partial charge in [-0.15, -0.1) is 0 Å². The summed E-state index contributed by atoms with van der Waals surface area (Å²) in [6, 6.07) is -10.2. The molecule has 1 aromatic heterocycles. The Morgan fingerprint density at radius 2 is 1.33 bits per heavy atom. The number of carboxylic acids is 3. The first-order chi connectivity index (χ1) is 28.2. The topological polar surface area (TPSA) is 425 Å². The highest BCUT2D eigenvalue weighted by Gasteiger charge is 2.38. The zero-order valence-corrected chi connectivity index (χ0v) is 32.5. The third kappa shape index (κ3) is 16.6. The molecule has 0 aliphatic carbocycles. The van der Waals surface area contributed by atoms with E-state index < -0.39 is 159 Å². The molecule has 0 unspecified atom stereocenters. The number of aliphatic carboxylic acids is 3. The van der Waals surface area contributed by atoms with Gasteiger partial charge in [0.2, 0.25) is 47.3 Å². The Labute approximate surface area is 341 Å². The Morgan fingerprint density at radius 3 is 1.82 bits per heavy atom. The molecule has 2 rings (SSSR count). The first kappa shape index (κ1) is 49.4. The molecule has 1 saturated heterocycles. The van der Waals surface area contributed by atoms with Crippen LogP contribution in [0.2, 0.25) is 0 Å². The number of carbonyl (C=O) groups excluding carboxylic acids is 8. The molecule has 26 heteroatoms. The molecule has 332 valence electrons. The summed E-state index contributed by atoms with van der Waals surface area (Å²) in [6.45, 7) is -0.131. The van der Waals surface area contributed by atoms with Crippen molar-refractivity contribution in [2.75, 3.05) is 19.7 Å². The van der Waals surface area contributed by atoms with Crippen molar-refractivity contribution < 1.29 is 73.2 Å². The fraction of sp³-hybridized carbons (Fsp3) is 0.588. The number of primary amides is 1. The van der Waals surface area contributed by atoms with E-state index in [0.29, 0.717) is 12.1 Å². The number of hydrogen-bond acceptors (Lipinski definition) is 14. The van der Waals surface area contributed by atoms with Gasteiger partial charge in [0.1, 0.15) is 42.3 Å². The number of rotatable bonds is 26. The number of aromatic nitrogens is 2. The standard InChI is InChI=1S/C34H51N11O15/c1-16(33(58)45-10-2-3-23(45)32(57)38-13-25(48)41-22(34(59)60)11-17-12-37-15-39-17)40-29(54)20(5-8-26(49)50)43-31(56)21(6-9-27(51)52)44-30(55)19(4-7-24(36)47)42-28(53)18(35)14-46/h12,15-16,18-23,46H,2-11,13-14,35H2,1H3,(H2,36,47)(H,37,39)(H,38,57)(H,40,54)(H,41,48)(H,42,53)(H,43,56)(H,44,55)(H,49,50)(H,51,52)(H,59,60)/t16-,18-,19-,20-,21-,22-,23-/m0/s1. The van der Waals surface area contributed by atoms with Crippen LogP contribution in [0.5, 0.6) is 0 Å². The van der Waals surface area contributed by atoms with E-state index in [2.05, 4.69) is 41.9 Å². The Morgan fingerprint density at radius 1 is 0.800 bits per heavy atom. The molecular weight excluding hydrogens is 802 g/mol. The van der Waals surface area contributed by atoms with E-state index in [1.165, 1.54) is 19.4 Å². The maximum absolute atomic E-state index is 13.5. The van der Waals surface area contributed by atoms with Crippen LogP contribution in [0.4, 0.5) is 0 Å². The number of carboxylic acid groups (broad SMARTS) is 3. The molecule has 0 bridgehead atoms. The fourth-order valence-electron chi connectivity index (χ4n) is 5.81. The highest BCUT2D eigenvalue weighted by atomic mass is 16.4. The zero-order valence-electron chi connectivity index (χ0n) is 32.5. The van der Waals surface area contributed by atoms with Crippen LogP contribution in [0.25, 0.3) is 0 Å². The number of likely N-dealkylation sites (tertiary alicyclic amines) is 1. The monoisotopic (exact) mass is 853 g/mol. The van der Waals surface area contributed by atoms with Crippen molar-refractivity contribution in [3.8, 4) is 0 Å². The molecule has 0 aromatic carbocycles. The number of nitrogens with one attached hydrogen (secondary N) is 7. The highest BCUT2D eigenvalue weighted by Crippen LogP contribution is 2.19. The second kappa shape index (κ2) is 24.3. The number of amides is 8. The van der Waals surface area contributed by atoms with Crippen LogP contribution < -0.4 is 43.4 Å². The maximum Gasteiger partial charge on any atom is 0.326 e. The van der Waals surface area contributed by atoms with Gasteiger partial charge in [0.25, 0.3) is 0 Å². The molecule has 2 heterocycles. The van der Waals surface area contributed by atoms with Crippen molar-refractivity contribution in [1.29, 1.82) is 0 Å². The smallest absolute Gasteiger partial charge is 0.326 e. The van der Waals surface area contributed by atoms with Crippen molar-refractivity contribution in [3.05, 3.63) is 18.2 Å². The zero-order chi connectivity index (χ0) is 45.1. The summed E-state index contributed by atoms with van der Waals surface area (Å²) >= 11 is 0. The van der Waals surface area contributed by atoms with E-state index in [0.717, 1.165) is 4.90 Å². The highest BCUT2D eigenvalue weighted by molar-refractivity contribution is 5.97. The van der Waals surface area contributed by atoms with E-state index in [-0.39, 0.29) is 19.4 Å². The van der Waals surface area contributed by atoms with Crippen molar-refractivity contribution in [3.63, 3.8) is 0 Å². The van der Waals surface area contributed by atoms with Crippen molar-refractivity contribution in [1.82, 2.24) is 46.8 Å². The number of carbonyl (C=O) groups is 11. The van der Waals surface area contributed by atoms with E-state index in [1.54, 1.807) is 0 Å². The van der Waals surface area contributed by atoms with Gasteiger partial charge in [0.15, 0.2) is 0 Å². The van der Waals surface area contributed by atoms with Crippen molar-refractivity contribution in [2.24, 2.45) is 11.5 Å². The van der Waals surface area contributed by atoms with Gasteiger partial charge in [0.05, 0.1) is 19.5 Å². The molecule has 60 heavy (non-hydrogen) atoms. The quantitative estimate of drug-likeness (QED) is 0.0412. The van der Waals surface area contributed by atoms with Crippen LogP contribution in [0, 0.1) is 0 Å². The molecule has 7 atom stereocenters. The number of nitrogens with zero attached hydrogens (tertiary/aromatic N) is 2. The van der Waals surface area contributed by atoms with Gasteiger partial charge in [-0.2, -0.15) is 0 Å². The van der Waals surface area contributed by atoms with E-state index in [1.807, 2.05) is 0 Å². The summed E-state index contributed by atoms with van der Waals surface area (Å²) in [5.41, 5.74) is 11.1. The maximum atomic E-state index is 13.5. The average Bonchev–Trinajstić information content (AvgIpc) is 3.90. The first-order valence-corrected chi connectivity index (χ1v) is 18.6. The minimum atomic E-state index is -1.72. The van der Waals surface area contributed by atoms with E-state index in [9.17, 15) is 73.2 Å². The van der Waals surface area contributed by atoms with Gasteiger partial charge in [-0.25, -0.2) is 9.78 Å². The second-order valence-electron chi connectivity index (χ2n) is 13.7. The molecule has 0 radical (unpaired) electrons. The van der Waals surface area contributed by atoms with Gasteiger partial charge < -0.3 is 73.7 Å². The number of aliphatic hydroxyl groups excluding tert-OH is 1. The molecule has 15 N–H and O–H groups in total. The summed E-state index contributed by atoms with van der Waals surface area (Å²) in [6.07, 6.45) is -0.229. The van der Waals surface area contributed by atoms with Crippen LogP contribution in [-0.2, 0) is 59.2 Å². The summed E-state index contributed by atoms with van der Waals surface area (Å²) in [5, 5.41) is 50.9. The molecule has 1 fully saturated rings. The van der Waals surface area contributed by atoms with Gasteiger partial charge in [-0.05, 0) is 39.0 Å². The first-order valence-electron chi connectivity index (χ1n) is 18.6. The molecule has 1 aromatic rings. The fourth-order valence-corrected chi connectivity index (χ4v) is 5.81. The Bertz CT molecular complexity index is 1740. The van der Waals surface area contributed by atoms with Gasteiger partial charge in [-0.3, -0.25) is 47.9 Å². The van der Waals surface area contributed by atoms with E-state index in [4.69, 9.17) is 11.5 Å². The summed E-state index contributed by atoms with van der Waals surface area (Å²) in [5.74, 6) is -11.7. The lowest BCUT2D eigenvalue weighted by Crippen LogP contribution is -2.59. The average molecular weight is 854 g/mol. The number of hydrogen-bond donors (Lipinski definition) is 13. The lowest BCUT2D eigenvalue weighted by molar-refractivity contribution is -0.142. The van der Waals surface area contributed by atoms with E-state index >= 15 is 0 Å². The molecular formula is C34H51N11O15. The molecule has 1 aliphatic rings. The number of aromatic amines is 1. The summed E-state index contributed by atoms with van der Waals surface area (Å²) in [4.78, 5) is 145. The minimum absolute atomic E-state index is 0.0611. The van der Waals surface area contributed by atoms with Crippen LogP contribution in [0.15, 0.2) is 12.5 Å². The van der Waals surface area contributed by atoms with Crippen LogP contribution in [-0.4, -0.2) is 162 Å². The SMILES string of the molecule is C[C@H](NC(=O)[C@H](CCC(=O)O)NC(=O)[C@H](CCC(=O)O)NC(=O)[C@H](CCC(N)=O)NC(=O)[C@@H](N)CO)C(=O)N1CCC[C@H]1C(=O)NCC(=O)N[C@@H](Cc1cnc[nH]1)C(=O)O. The van der Waals surface area contributed by atoms with Gasteiger partial charge in [0, 0.05) is 44.1 Å². The lowest BCUT2D eigenvalue weighted by atomic mass is 10.0. The Balaban J connectivity index is 2.15. The van der Waals surface area contributed by atoms with Gasteiger partial charge in [-0.1, -0.05) is 0 Å². The predicted molar refractivity (Wildman–Crippen MR) is 200 cm³/mol.